The van der Waals surface area contributed by atoms with Gasteiger partial charge in [-0.2, -0.15) is 22.1 Å². The number of anilines is 2. The van der Waals surface area contributed by atoms with Gasteiger partial charge in [0.25, 0.3) is 0 Å². The molecule has 108 valence electrons. The number of nitriles is 1. The van der Waals surface area contributed by atoms with E-state index in [0.29, 0.717) is 17.1 Å². The van der Waals surface area contributed by atoms with E-state index in [1.807, 2.05) is 19.2 Å². The zero-order valence-electron chi connectivity index (χ0n) is 11.7. The van der Waals surface area contributed by atoms with E-state index in [2.05, 4.69) is 10.4 Å². The van der Waals surface area contributed by atoms with Crippen molar-refractivity contribution < 1.29 is 4.79 Å². The molecule has 0 bridgehead atoms. The molecule has 6 nitrogen and oxygen atoms in total. The van der Waals surface area contributed by atoms with Crippen LogP contribution < -0.4 is 11.1 Å². The number of amides is 1. The van der Waals surface area contributed by atoms with Crippen LogP contribution in [0.1, 0.15) is 12.5 Å². The summed E-state index contributed by atoms with van der Waals surface area (Å²) in [5.41, 5.74) is 7.59. The number of carbonyl (C=O) groups excluding carboxylic acids is 1. The van der Waals surface area contributed by atoms with Crippen molar-refractivity contribution in [3.8, 4) is 11.8 Å². The smallest absolute Gasteiger partial charge is 0.237 e. The van der Waals surface area contributed by atoms with E-state index in [4.69, 9.17) is 11.0 Å². The summed E-state index contributed by atoms with van der Waals surface area (Å²) in [5, 5.41) is 15.7. The number of nitrogens with zero attached hydrogens (tertiary/aromatic N) is 3. The lowest BCUT2D eigenvalue weighted by molar-refractivity contribution is -0.115. The zero-order valence-corrected chi connectivity index (χ0v) is 12.5. The Morgan fingerprint density at radius 2 is 2.14 bits per heavy atom. The molecule has 1 aromatic heterocycles. The highest BCUT2D eigenvalue weighted by molar-refractivity contribution is 7.99. The number of hydrogen-bond acceptors (Lipinski definition) is 5. The van der Waals surface area contributed by atoms with Crippen molar-refractivity contribution in [1.82, 2.24) is 9.78 Å². The van der Waals surface area contributed by atoms with Crippen LogP contribution in [0.2, 0.25) is 0 Å². The normalized spacial score (nSPS) is 11.7. The van der Waals surface area contributed by atoms with Crippen molar-refractivity contribution in [2.75, 3.05) is 17.3 Å². The summed E-state index contributed by atoms with van der Waals surface area (Å²) < 4.78 is 1.48. The second-order valence-electron chi connectivity index (χ2n) is 4.38. The van der Waals surface area contributed by atoms with Crippen molar-refractivity contribution in [3.63, 3.8) is 0 Å². The number of benzene rings is 1. The highest BCUT2D eigenvalue weighted by atomic mass is 32.2. The molecule has 2 rings (SSSR count). The van der Waals surface area contributed by atoms with Gasteiger partial charge < -0.3 is 11.1 Å². The van der Waals surface area contributed by atoms with Crippen molar-refractivity contribution in [1.29, 1.82) is 5.26 Å². The molecular weight excluding hydrogens is 286 g/mol. The minimum absolute atomic E-state index is 0.0411. The number of hydrogen-bond donors (Lipinski definition) is 2. The van der Waals surface area contributed by atoms with E-state index >= 15 is 0 Å². The van der Waals surface area contributed by atoms with Crippen LogP contribution in [-0.4, -0.2) is 27.2 Å². The van der Waals surface area contributed by atoms with Crippen molar-refractivity contribution in [2.45, 2.75) is 12.2 Å². The van der Waals surface area contributed by atoms with Crippen molar-refractivity contribution in [2.24, 2.45) is 0 Å². The Balaban J connectivity index is 2.17. The summed E-state index contributed by atoms with van der Waals surface area (Å²) in [6.45, 7) is 1.85. The molecule has 0 aliphatic heterocycles. The molecule has 7 heteroatoms. The Kier molecular flexibility index (Phi) is 4.50. The topological polar surface area (TPSA) is 96.7 Å². The molecule has 0 aliphatic rings. The van der Waals surface area contributed by atoms with Gasteiger partial charge in [0, 0.05) is 5.69 Å². The number of nitrogens with one attached hydrogen (secondary N) is 1. The first-order valence-corrected chi connectivity index (χ1v) is 7.53. The lowest BCUT2D eigenvalue weighted by Crippen LogP contribution is -2.22. The molecule has 1 aromatic carbocycles. The van der Waals surface area contributed by atoms with Crippen LogP contribution in [0.5, 0.6) is 0 Å². The molecule has 0 saturated heterocycles. The van der Waals surface area contributed by atoms with Gasteiger partial charge in [0.1, 0.15) is 17.5 Å². The molecule has 21 heavy (non-hydrogen) atoms. The molecular formula is C14H15N5OS. The molecule has 0 aliphatic carbocycles. The van der Waals surface area contributed by atoms with Gasteiger partial charge in [-0.3, -0.25) is 4.79 Å². The number of rotatable bonds is 4. The fourth-order valence-corrected chi connectivity index (χ4v) is 1.96. The molecule has 0 spiro atoms. The average Bonchev–Trinajstić information content (AvgIpc) is 2.88. The second kappa shape index (κ2) is 6.33. The molecule has 1 atom stereocenters. The van der Waals surface area contributed by atoms with E-state index in [1.165, 1.54) is 22.6 Å². The summed E-state index contributed by atoms with van der Waals surface area (Å²) in [6, 6.07) is 9.08. The van der Waals surface area contributed by atoms with Crippen LogP contribution in [0, 0.1) is 11.3 Å². The predicted octanol–water partition coefficient (Wildman–Crippen LogP) is 2.02. The molecule has 1 heterocycles. The number of nitrogen functional groups attached to an aromatic ring is 1. The summed E-state index contributed by atoms with van der Waals surface area (Å²) in [5.74, 6) is 0.255. The predicted molar refractivity (Wildman–Crippen MR) is 84.3 cm³/mol. The third kappa shape index (κ3) is 3.17. The van der Waals surface area contributed by atoms with Gasteiger partial charge in [0.2, 0.25) is 5.91 Å². The van der Waals surface area contributed by atoms with Gasteiger partial charge in [0.05, 0.1) is 17.1 Å². The van der Waals surface area contributed by atoms with Crippen LogP contribution in [0.15, 0.2) is 30.5 Å². The number of carbonyl (C=O) groups is 1. The number of nitrogens with two attached hydrogens (primary N) is 1. The summed E-state index contributed by atoms with van der Waals surface area (Å²) in [7, 11) is 0. The standard InChI is InChI=1S/C14H15N5OS/c1-9(21-2)14(20)18-11-3-5-12(6-4-11)19-13(16)10(7-15)8-17-19/h3-6,8-9H,16H2,1-2H3,(H,18,20)/t9-/m0/s1. The fourth-order valence-electron chi connectivity index (χ4n) is 1.69. The summed E-state index contributed by atoms with van der Waals surface area (Å²) in [4.78, 5) is 11.8. The van der Waals surface area contributed by atoms with Gasteiger partial charge in [-0.05, 0) is 37.4 Å². The summed E-state index contributed by atoms with van der Waals surface area (Å²) >= 11 is 1.49. The lowest BCUT2D eigenvalue weighted by Gasteiger charge is -2.10. The molecule has 0 saturated carbocycles. The Bertz CT molecular complexity index is 686. The first-order valence-electron chi connectivity index (χ1n) is 6.24. The van der Waals surface area contributed by atoms with Crippen molar-refractivity contribution >= 4 is 29.2 Å². The Morgan fingerprint density at radius 3 is 2.67 bits per heavy atom. The van der Waals surface area contributed by atoms with E-state index in [0.717, 1.165) is 5.69 Å². The third-order valence-corrected chi connectivity index (χ3v) is 3.95. The number of thioether (sulfide) groups is 1. The lowest BCUT2D eigenvalue weighted by atomic mass is 10.2. The maximum Gasteiger partial charge on any atom is 0.237 e. The van der Waals surface area contributed by atoms with Gasteiger partial charge in [0.15, 0.2) is 0 Å². The highest BCUT2D eigenvalue weighted by Crippen LogP contribution is 2.19. The van der Waals surface area contributed by atoms with Crippen LogP contribution >= 0.6 is 11.8 Å². The molecule has 0 fully saturated rings. The zero-order chi connectivity index (χ0) is 15.4. The van der Waals surface area contributed by atoms with Crippen LogP contribution in [0.4, 0.5) is 11.5 Å². The van der Waals surface area contributed by atoms with E-state index < -0.39 is 0 Å². The maximum absolute atomic E-state index is 11.8. The minimum atomic E-state index is -0.107. The minimum Gasteiger partial charge on any atom is -0.382 e. The molecule has 3 N–H and O–H groups in total. The first-order chi connectivity index (χ1) is 10.1. The summed E-state index contributed by atoms with van der Waals surface area (Å²) in [6.07, 6.45) is 3.31. The Labute approximate surface area is 126 Å². The van der Waals surface area contributed by atoms with Gasteiger partial charge in [-0.25, -0.2) is 4.68 Å². The first kappa shape index (κ1) is 14.9. The van der Waals surface area contributed by atoms with Crippen LogP contribution in [0.25, 0.3) is 5.69 Å². The van der Waals surface area contributed by atoms with Gasteiger partial charge in [-0.1, -0.05) is 0 Å². The Hall–Kier alpha value is -2.46. The van der Waals surface area contributed by atoms with Crippen LogP contribution in [0.3, 0.4) is 0 Å². The maximum atomic E-state index is 11.8. The monoisotopic (exact) mass is 301 g/mol. The average molecular weight is 301 g/mol. The van der Waals surface area contributed by atoms with Gasteiger partial charge >= 0.3 is 0 Å². The molecule has 1 amide bonds. The molecule has 2 aromatic rings. The van der Waals surface area contributed by atoms with Crippen molar-refractivity contribution in [3.05, 3.63) is 36.0 Å². The van der Waals surface area contributed by atoms with E-state index in [9.17, 15) is 4.79 Å². The quantitative estimate of drug-likeness (QED) is 0.900. The van der Waals surface area contributed by atoms with Gasteiger partial charge in [-0.15, -0.1) is 0 Å². The van der Waals surface area contributed by atoms with E-state index in [-0.39, 0.29) is 11.2 Å². The van der Waals surface area contributed by atoms with E-state index in [1.54, 1.807) is 24.3 Å². The Morgan fingerprint density at radius 1 is 1.48 bits per heavy atom. The SMILES string of the molecule is CS[C@@H](C)C(=O)Nc1ccc(-n2ncc(C#N)c2N)cc1. The fraction of sp³-hybridized carbons (Fsp3) is 0.214. The third-order valence-electron chi connectivity index (χ3n) is 3.03. The largest absolute Gasteiger partial charge is 0.382 e. The number of aromatic nitrogens is 2. The molecule has 0 radical (unpaired) electrons. The highest BCUT2D eigenvalue weighted by Gasteiger charge is 2.12. The second-order valence-corrected chi connectivity index (χ2v) is 5.56. The van der Waals surface area contributed by atoms with Crippen LogP contribution in [-0.2, 0) is 4.79 Å². The molecule has 0 unspecified atom stereocenters.